The summed E-state index contributed by atoms with van der Waals surface area (Å²) < 4.78 is 6.19. The summed E-state index contributed by atoms with van der Waals surface area (Å²) in [7, 11) is 1.67. The van der Waals surface area contributed by atoms with Gasteiger partial charge in [-0.3, -0.25) is 0 Å². The minimum Gasteiger partial charge on any atom is -0.496 e. The molecule has 88 valence electrons. The standard InChI is InChI=1S/C14H12Br2O/c1-17-13-8-7-11(9-12(13)15)14(16)10-5-3-2-4-6-10/h2-9,14H,1H3. The summed E-state index contributed by atoms with van der Waals surface area (Å²) in [5.41, 5.74) is 2.44. The van der Waals surface area contributed by atoms with E-state index in [1.165, 1.54) is 11.1 Å². The van der Waals surface area contributed by atoms with Crippen molar-refractivity contribution in [2.75, 3.05) is 7.11 Å². The highest BCUT2D eigenvalue weighted by molar-refractivity contribution is 9.10. The molecule has 0 heterocycles. The predicted octanol–water partition coefficient (Wildman–Crippen LogP) is 4.94. The van der Waals surface area contributed by atoms with Gasteiger partial charge in [-0.05, 0) is 39.2 Å². The number of methoxy groups -OCH3 is 1. The van der Waals surface area contributed by atoms with E-state index in [2.05, 4.69) is 56.1 Å². The second kappa shape index (κ2) is 5.69. The molecular formula is C14H12Br2O. The van der Waals surface area contributed by atoms with Gasteiger partial charge in [0.15, 0.2) is 0 Å². The molecule has 0 bridgehead atoms. The lowest BCUT2D eigenvalue weighted by Gasteiger charge is -2.12. The van der Waals surface area contributed by atoms with Crippen LogP contribution in [-0.4, -0.2) is 7.11 Å². The third-order valence-electron chi connectivity index (χ3n) is 2.56. The SMILES string of the molecule is COc1ccc(C(Br)c2ccccc2)cc1Br. The molecule has 17 heavy (non-hydrogen) atoms. The van der Waals surface area contributed by atoms with E-state index in [9.17, 15) is 0 Å². The summed E-state index contributed by atoms with van der Waals surface area (Å²) >= 11 is 7.22. The second-order valence-corrected chi connectivity index (χ2v) is 5.44. The summed E-state index contributed by atoms with van der Waals surface area (Å²) in [5, 5.41) is 0. The van der Waals surface area contributed by atoms with E-state index >= 15 is 0 Å². The zero-order valence-corrected chi connectivity index (χ0v) is 12.5. The van der Waals surface area contributed by atoms with Crippen LogP contribution >= 0.6 is 31.9 Å². The van der Waals surface area contributed by atoms with Crippen molar-refractivity contribution < 1.29 is 4.74 Å². The molecule has 0 aliphatic heterocycles. The molecule has 1 nitrogen and oxygen atoms in total. The van der Waals surface area contributed by atoms with Crippen LogP contribution in [0.5, 0.6) is 5.75 Å². The number of benzene rings is 2. The van der Waals surface area contributed by atoms with Gasteiger partial charge in [-0.1, -0.05) is 52.3 Å². The van der Waals surface area contributed by atoms with Crippen molar-refractivity contribution >= 4 is 31.9 Å². The monoisotopic (exact) mass is 354 g/mol. The first-order valence-corrected chi connectivity index (χ1v) is 6.95. The van der Waals surface area contributed by atoms with Crippen LogP contribution in [-0.2, 0) is 0 Å². The van der Waals surface area contributed by atoms with Crippen LogP contribution in [0.4, 0.5) is 0 Å². The predicted molar refractivity (Wildman–Crippen MR) is 77.9 cm³/mol. The Balaban J connectivity index is 2.32. The molecule has 0 N–H and O–H groups in total. The number of halogens is 2. The Morgan fingerprint density at radius 1 is 1.00 bits per heavy atom. The fraction of sp³-hybridized carbons (Fsp3) is 0.143. The topological polar surface area (TPSA) is 9.23 Å². The molecule has 0 aliphatic carbocycles. The molecule has 0 aliphatic rings. The maximum absolute atomic E-state index is 5.22. The first kappa shape index (κ1) is 12.7. The van der Waals surface area contributed by atoms with Crippen molar-refractivity contribution in [3.8, 4) is 5.75 Å². The largest absolute Gasteiger partial charge is 0.496 e. The molecule has 2 aromatic carbocycles. The zero-order valence-electron chi connectivity index (χ0n) is 9.36. The van der Waals surface area contributed by atoms with Crippen molar-refractivity contribution in [1.82, 2.24) is 0 Å². The lowest BCUT2D eigenvalue weighted by molar-refractivity contribution is 0.412. The molecule has 0 saturated carbocycles. The molecule has 1 unspecified atom stereocenters. The van der Waals surface area contributed by atoms with Crippen LogP contribution in [0.1, 0.15) is 16.0 Å². The van der Waals surface area contributed by atoms with E-state index in [-0.39, 0.29) is 4.83 Å². The van der Waals surface area contributed by atoms with E-state index in [0.717, 1.165) is 10.2 Å². The van der Waals surface area contributed by atoms with Crippen molar-refractivity contribution in [1.29, 1.82) is 0 Å². The summed E-state index contributed by atoms with van der Waals surface area (Å²) in [6.07, 6.45) is 0. The number of alkyl halides is 1. The highest BCUT2D eigenvalue weighted by Gasteiger charge is 2.11. The van der Waals surface area contributed by atoms with E-state index < -0.39 is 0 Å². The molecule has 2 rings (SSSR count). The van der Waals surface area contributed by atoms with Crippen molar-refractivity contribution in [3.05, 3.63) is 64.1 Å². The Morgan fingerprint density at radius 3 is 2.29 bits per heavy atom. The molecule has 3 heteroatoms. The van der Waals surface area contributed by atoms with Crippen LogP contribution in [0.2, 0.25) is 0 Å². The van der Waals surface area contributed by atoms with E-state index in [4.69, 9.17) is 4.74 Å². The van der Waals surface area contributed by atoms with Crippen molar-refractivity contribution in [2.45, 2.75) is 4.83 Å². The maximum Gasteiger partial charge on any atom is 0.133 e. The first-order chi connectivity index (χ1) is 8.22. The molecule has 0 amide bonds. The van der Waals surface area contributed by atoms with E-state index in [1.807, 2.05) is 24.3 Å². The van der Waals surface area contributed by atoms with E-state index in [1.54, 1.807) is 7.11 Å². The van der Waals surface area contributed by atoms with Gasteiger partial charge in [-0.15, -0.1) is 0 Å². The highest BCUT2D eigenvalue weighted by Crippen LogP contribution is 2.35. The summed E-state index contributed by atoms with van der Waals surface area (Å²) in [5.74, 6) is 0.849. The number of ether oxygens (including phenoxy) is 1. The van der Waals surface area contributed by atoms with Crippen LogP contribution in [0.15, 0.2) is 53.0 Å². The molecule has 1 atom stereocenters. The van der Waals surface area contributed by atoms with Crippen molar-refractivity contribution in [2.24, 2.45) is 0 Å². The van der Waals surface area contributed by atoms with Gasteiger partial charge >= 0.3 is 0 Å². The quantitative estimate of drug-likeness (QED) is 0.708. The van der Waals surface area contributed by atoms with Gasteiger partial charge in [0, 0.05) is 0 Å². The normalized spacial score (nSPS) is 12.2. The van der Waals surface area contributed by atoms with Gasteiger partial charge in [-0.25, -0.2) is 0 Å². The second-order valence-electron chi connectivity index (χ2n) is 3.67. The molecule has 0 radical (unpaired) electrons. The van der Waals surface area contributed by atoms with Gasteiger partial charge in [0.2, 0.25) is 0 Å². The minimum absolute atomic E-state index is 0.200. The Morgan fingerprint density at radius 2 is 1.71 bits per heavy atom. The lowest BCUT2D eigenvalue weighted by Crippen LogP contribution is -1.93. The molecule has 0 spiro atoms. The highest BCUT2D eigenvalue weighted by atomic mass is 79.9. The summed E-state index contributed by atoms with van der Waals surface area (Å²) in [6, 6.07) is 16.4. The summed E-state index contributed by atoms with van der Waals surface area (Å²) in [6.45, 7) is 0. The fourth-order valence-electron chi connectivity index (χ4n) is 1.65. The number of hydrogen-bond donors (Lipinski definition) is 0. The van der Waals surface area contributed by atoms with Crippen LogP contribution in [0.25, 0.3) is 0 Å². The van der Waals surface area contributed by atoms with Crippen LogP contribution < -0.4 is 4.74 Å². The zero-order chi connectivity index (χ0) is 12.3. The Labute approximate surface area is 118 Å². The third-order valence-corrected chi connectivity index (χ3v) is 4.24. The Kier molecular flexibility index (Phi) is 4.24. The van der Waals surface area contributed by atoms with Gasteiger partial charge in [0.05, 0.1) is 16.4 Å². The molecule has 2 aromatic rings. The number of rotatable bonds is 3. The Hall–Kier alpha value is -0.800. The molecule has 0 saturated heterocycles. The van der Waals surface area contributed by atoms with Crippen molar-refractivity contribution in [3.63, 3.8) is 0 Å². The minimum atomic E-state index is 0.200. The lowest BCUT2D eigenvalue weighted by atomic mass is 10.1. The smallest absolute Gasteiger partial charge is 0.133 e. The van der Waals surface area contributed by atoms with Gasteiger partial charge in [0.25, 0.3) is 0 Å². The molecular weight excluding hydrogens is 344 g/mol. The van der Waals surface area contributed by atoms with Crippen LogP contribution in [0, 0.1) is 0 Å². The third kappa shape index (κ3) is 2.90. The van der Waals surface area contributed by atoms with E-state index in [0.29, 0.717) is 0 Å². The average Bonchev–Trinajstić information content (AvgIpc) is 2.39. The van der Waals surface area contributed by atoms with Gasteiger partial charge < -0.3 is 4.74 Å². The van der Waals surface area contributed by atoms with Gasteiger partial charge in [0.1, 0.15) is 5.75 Å². The summed E-state index contributed by atoms with van der Waals surface area (Å²) in [4.78, 5) is 0.200. The Bertz CT molecular complexity index is 497. The maximum atomic E-state index is 5.22. The molecule has 0 aromatic heterocycles. The molecule has 0 fully saturated rings. The first-order valence-electron chi connectivity index (χ1n) is 5.25. The fourth-order valence-corrected chi connectivity index (χ4v) is 2.80. The average molecular weight is 356 g/mol. The van der Waals surface area contributed by atoms with Gasteiger partial charge in [-0.2, -0.15) is 0 Å². The number of hydrogen-bond acceptors (Lipinski definition) is 1. The van der Waals surface area contributed by atoms with Crippen LogP contribution in [0.3, 0.4) is 0 Å².